The molecule has 3 saturated carbocycles. The molecule has 3 heteroatoms. The van der Waals surface area contributed by atoms with Crippen molar-refractivity contribution >= 4 is 0 Å². The van der Waals surface area contributed by atoms with E-state index in [0.29, 0.717) is 22.3 Å². The summed E-state index contributed by atoms with van der Waals surface area (Å²) in [7, 11) is 0. The quantitative estimate of drug-likeness (QED) is 0.615. The molecular formula is C27H42O3. The molecule has 30 heavy (non-hydrogen) atoms. The summed E-state index contributed by atoms with van der Waals surface area (Å²) in [5.74, 6) is 4.65. The first kappa shape index (κ1) is 20.1. The number of hydrogen-bond acceptors (Lipinski definition) is 3. The maximum atomic E-state index is 10.3. The van der Waals surface area contributed by atoms with Crippen LogP contribution in [0.2, 0.25) is 0 Å². The Morgan fingerprint density at radius 3 is 2.50 bits per heavy atom. The van der Waals surface area contributed by atoms with Crippen molar-refractivity contribution in [2.24, 2.45) is 39.9 Å². The fourth-order valence-corrected chi connectivity index (χ4v) is 10.4. The molecule has 3 nitrogen and oxygen atoms in total. The van der Waals surface area contributed by atoms with Gasteiger partial charge in [0.2, 0.25) is 0 Å². The Balaban J connectivity index is 1.29. The molecule has 0 aromatic heterocycles. The minimum atomic E-state index is -0.643. The summed E-state index contributed by atoms with van der Waals surface area (Å²) in [6, 6.07) is 0. The third kappa shape index (κ3) is 2.30. The smallest absolute Gasteiger partial charge is 0.101 e. The van der Waals surface area contributed by atoms with Crippen molar-refractivity contribution < 1.29 is 14.6 Å². The Labute approximate surface area is 183 Å². The van der Waals surface area contributed by atoms with E-state index in [9.17, 15) is 5.11 Å². The van der Waals surface area contributed by atoms with E-state index in [1.807, 2.05) is 13.8 Å². The molecule has 6 aliphatic rings. The number of allylic oxidation sites excluding steroid dienone is 2. The van der Waals surface area contributed by atoms with Crippen LogP contribution < -0.4 is 0 Å². The van der Waals surface area contributed by atoms with Crippen molar-refractivity contribution in [1.29, 1.82) is 0 Å². The van der Waals surface area contributed by atoms with Crippen LogP contribution in [0.5, 0.6) is 0 Å². The second-order valence-electron chi connectivity index (χ2n) is 12.8. The Kier molecular flexibility index (Phi) is 4.07. The van der Waals surface area contributed by atoms with E-state index in [2.05, 4.69) is 20.8 Å². The van der Waals surface area contributed by atoms with Gasteiger partial charge in [0.15, 0.2) is 0 Å². The van der Waals surface area contributed by atoms with Crippen molar-refractivity contribution in [3.05, 3.63) is 11.3 Å². The van der Waals surface area contributed by atoms with Gasteiger partial charge in [-0.2, -0.15) is 0 Å². The largest absolute Gasteiger partial charge is 0.495 e. The highest BCUT2D eigenvalue weighted by atomic mass is 16.5. The van der Waals surface area contributed by atoms with E-state index in [0.717, 1.165) is 43.1 Å². The molecule has 2 heterocycles. The van der Waals surface area contributed by atoms with Gasteiger partial charge >= 0.3 is 0 Å². The van der Waals surface area contributed by atoms with Crippen LogP contribution in [0.3, 0.4) is 0 Å². The predicted octanol–water partition coefficient (Wildman–Crippen LogP) is 5.86. The predicted molar refractivity (Wildman–Crippen MR) is 118 cm³/mol. The topological polar surface area (TPSA) is 38.7 Å². The zero-order valence-corrected chi connectivity index (χ0v) is 19.8. The minimum Gasteiger partial charge on any atom is -0.495 e. The lowest BCUT2D eigenvalue weighted by Crippen LogP contribution is -2.50. The number of ether oxygens (including phenoxy) is 2. The van der Waals surface area contributed by atoms with Gasteiger partial charge in [0.25, 0.3) is 0 Å². The molecule has 0 radical (unpaired) electrons. The highest BCUT2D eigenvalue weighted by Gasteiger charge is 2.83. The Bertz CT molecular complexity index is 779. The van der Waals surface area contributed by atoms with Crippen LogP contribution in [0, 0.1) is 39.9 Å². The van der Waals surface area contributed by atoms with Gasteiger partial charge in [0.1, 0.15) is 6.10 Å². The standard InChI is InChI=1S/C27H42O3/c1-16-19-8-9-20-22-14-23-21(7-6-18(30-23)15-24(3,4)28)25(22,5)10-11-26(20)17(2)27(19,26)12-13-29-16/h16-20,22,28H,6-15H2,1-5H3/t16?,17-,18+,19?,20-,22?,25+,26-,27?/m0/s1. The average molecular weight is 415 g/mol. The van der Waals surface area contributed by atoms with E-state index in [1.54, 1.807) is 5.57 Å². The molecule has 6 rings (SSSR count). The Morgan fingerprint density at radius 2 is 1.73 bits per heavy atom. The maximum Gasteiger partial charge on any atom is 0.101 e. The van der Waals surface area contributed by atoms with Crippen LogP contribution in [0.25, 0.3) is 0 Å². The fourth-order valence-electron chi connectivity index (χ4n) is 10.4. The molecule has 1 saturated heterocycles. The van der Waals surface area contributed by atoms with Gasteiger partial charge < -0.3 is 14.6 Å². The molecule has 4 unspecified atom stereocenters. The molecule has 4 aliphatic carbocycles. The van der Waals surface area contributed by atoms with Gasteiger partial charge in [0.05, 0.1) is 17.5 Å². The van der Waals surface area contributed by atoms with Gasteiger partial charge in [-0.3, -0.25) is 0 Å². The van der Waals surface area contributed by atoms with Crippen LogP contribution >= 0.6 is 0 Å². The van der Waals surface area contributed by atoms with Crippen molar-refractivity contribution in [1.82, 2.24) is 0 Å². The van der Waals surface area contributed by atoms with Gasteiger partial charge in [-0.1, -0.05) is 13.8 Å². The molecule has 9 atom stereocenters. The van der Waals surface area contributed by atoms with Crippen molar-refractivity contribution in [2.75, 3.05) is 6.61 Å². The van der Waals surface area contributed by atoms with Crippen molar-refractivity contribution in [3.63, 3.8) is 0 Å². The van der Waals surface area contributed by atoms with Gasteiger partial charge in [0, 0.05) is 19.4 Å². The SMILES string of the molecule is CC1OCCC23C1CC[C@H]1C4CC5=C(CC[C@H](CC(C)(C)O)O5)[C@@]4(C)CC[C@]12[C@@H]3C. The lowest BCUT2D eigenvalue weighted by Gasteiger charge is -2.55. The molecule has 2 aliphatic heterocycles. The zero-order chi connectivity index (χ0) is 21.1. The zero-order valence-electron chi connectivity index (χ0n) is 19.8. The highest BCUT2D eigenvalue weighted by Crippen LogP contribution is 2.87. The van der Waals surface area contributed by atoms with E-state index < -0.39 is 5.60 Å². The molecule has 0 amide bonds. The molecule has 0 bridgehead atoms. The van der Waals surface area contributed by atoms with Crippen LogP contribution in [0.1, 0.15) is 92.4 Å². The number of fused-ring (bicyclic) bond motifs is 3. The van der Waals surface area contributed by atoms with Crippen molar-refractivity contribution in [3.8, 4) is 0 Å². The summed E-state index contributed by atoms with van der Waals surface area (Å²) < 4.78 is 12.8. The second kappa shape index (κ2) is 6.07. The molecule has 2 spiro atoms. The van der Waals surface area contributed by atoms with Crippen LogP contribution in [-0.2, 0) is 9.47 Å². The molecule has 1 N–H and O–H groups in total. The summed E-state index contributed by atoms with van der Waals surface area (Å²) >= 11 is 0. The third-order valence-electron chi connectivity index (χ3n) is 11.4. The van der Waals surface area contributed by atoms with Gasteiger partial charge in [-0.25, -0.2) is 0 Å². The summed E-state index contributed by atoms with van der Waals surface area (Å²) in [4.78, 5) is 0. The fraction of sp³-hybridized carbons (Fsp3) is 0.926. The Hall–Kier alpha value is -0.540. The first-order valence-electron chi connectivity index (χ1n) is 12.9. The normalized spacial score (nSPS) is 54.3. The molecule has 168 valence electrons. The molecular weight excluding hydrogens is 372 g/mol. The molecule has 0 aromatic carbocycles. The highest BCUT2D eigenvalue weighted by molar-refractivity contribution is 5.36. The van der Waals surface area contributed by atoms with E-state index in [4.69, 9.17) is 9.47 Å². The number of rotatable bonds is 2. The first-order chi connectivity index (χ1) is 14.1. The Morgan fingerprint density at radius 1 is 1.00 bits per heavy atom. The average Bonchev–Trinajstić information content (AvgIpc) is 3.04. The van der Waals surface area contributed by atoms with Gasteiger partial charge in [-0.05, 0) is 111 Å². The van der Waals surface area contributed by atoms with Crippen LogP contribution in [0.15, 0.2) is 11.3 Å². The maximum absolute atomic E-state index is 10.3. The van der Waals surface area contributed by atoms with E-state index >= 15 is 0 Å². The third-order valence-corrected chi connectivity index (χ3v) is 11.4. The summed E-state index contributed by atoms with van der Waals surface area (Å²) in [5.41, 5.74) is 2.54. The molecule has 4 fully saturated rings. The van der Waals surface area contributed by atoms with E-state index in [1.165, 1.54) is 50.7 Å². The number of aliphatic hydroxyl groups is 1. The van der Waals surface area contributed by atoms with Crippen LogP contribution in [-0.4, -0.2) is 29.5 Å². The lowest BCUT2D eigenvalue weighted by atomic mass is 9.50. The lowest BCUT2D eigenvalue weighted by molar-refractivity contribution is -0.120. The van der Waals surface area contributed by atoms with Crippen molar-refractivity contribution in [2.45, 2.75) is 110 Å². The minimum absolute atomic E-state index is 0.194. The summed E-state index contributed by atoms with van der Waals surface area (Å²) in [6.45, 7) is 12.4. The summed E-state index contributed by atoms with van der Waals surface area (Å²) in [5, 5.41) is 10.3. The van der Waals surface area contributed by atoms with Gasteiger partial charge in [-0.15, -0.1) is 0 Å². The van der Waals surface area contributed by atoms with Crippen LogP contribution in [0.4, 0.5) is 0 Å². The second-order valence-corrected chi connectivity index (χ2v) is 12.8. The monoisotopic (exact) mass is 414 g/mol. The molecule has 0 aromatic rings. The first-order valence-corrected chi connectivity index (χ1v) is 12.9. The van der Waals surface area contributed by atoms with E-state index in [-0.39, 0.29) is 6.10 Å². The number of hydrogen-bond donors (Lipinski definition) is 1. The summed E-state index contributed by atoms with van der Waals surface area (Å²) in [6.07, 6.45) is 11.7.